The highest BCUT2D eigenvalue weighted by molar-refractivity contribution is 5.97. The molecule has 0 spiro atoms. The van der Waals surface area contributed by atoms with Crippen molar-refractivity contribution in [2.24, 2.45) is 0 Å². The van der Waals surface area contributed by atoms with Crippen LogP contribution in [0, 0.1) is 6.92 Å². The number of benzene rings is 3. The number of allylic oxidation sites excluding steroid dienone is 1. The lowest BCUT2D eigenvalue weighted by atomic mass is 9.82. The molecule has 0 radical (unpaired) electrons. The number of nitrogens with one attached hydrogen (secondary N) is 1. The molecule has 2 heterocycles. The van der Waals surface area contributed by atoms with Gasteiger partial charge >= 0.3 is 0 Å². The summed E-state index contributed by atoms with van der Waals surface area (Å²) in [5.41, 5.74) is 9.08. The van der Waals surface area contributed by atoms with Crippen LogP contribution in [-0.2, 0) is 6.61 Å². The Morgan fingerprint density at radius 3 is 2.72 bits per heavy atom. The summed E-state index contributed by atoms with van der Waals surface area (Å²) < 4.78 is 11.9. The summed E-state index contributed by atoms with van der Waals surface area (Å²) in [5.74, 6) is 1.53. The average molecular weight is 481 g/mol. The first kappa shape index (κ1) is 23.7. The predicted molar refractivity (Wildman–Crippen MR) is 146 cm³/mol. The molecular weight excluding hydrogens is 448 g/mol. The summed E-state index contributed by atoms with van der Waals surface area (Å²) in [6, 6.07) is 16.3. The molecule has 1 N–H and O–H groups in total. The Hall–Kier alpha value is -3.99. The molecule has 0 aliphatic carbocycles. The van der Waals surface area contributed by atoms with E-state index in [1.807, 2.05) is 37.3 Å². The van der Waals surface area contributed by atoms with Gasteiger partial charge in [-0.3, -0.25) is 4.79 Å². The quantitative estimate of drug-likeness (QED) is 0.408. The Morgan fingerprint density at radius 2 is 1.97 bits per heavy atom. The highest BCUT2D eigenvalue weighted by atomic mass is 16.5. The molecule has 0 saturated carbocycles. The van der Waals surface area contributed by atoms with Crippen LogP contribution in [0.4, 0.5) is 11.4 Å². The lowest BCUT2D eigenvalue weighted by Gasteiger charge is -2.44. The molecule has 0 unspecified atom stereocenters. The third-order valence-corrected chi connectivity index (χ3v) is 6.91. The number of amides is 1. The van der Waals surface area contributed by atoms with E-state index in [1.165, 1.54) is 11.1 Å². The van der Waals surface area contributed by atoms with E-state index < -0.39 is 0 Å². The Kier molecular flexibility index (Phi) is 5.87. The van der Waals surface area contributed by atoms with Gasteiger partial charge in [0.2, 0.25) is 0 Å². The zero-order chi connectivity index (χ0) is 25.6. The monoisotopic (exact) mass is 480 g/mol. The Labute approximate surface area is 213 Å². The number of carbonyl (C=O) groups excluding carboxylic acids is 1. The molecule has 0 bridgehead atoms. The standard InChI is InChI=1S/C31H32N2O3/c1-7-13-32-30(34)21-14-19(2)15-22(16-21)33-25-12-11-23-24(28(25)20(3)17-31(33,4)5)18-36-27-10-8-9-26(35-6)29(23)27/h7-12,14-17H,1,13,18H2,2-6H3,(H,32,34). The number of carbonyl (C=O) groups is 1. The van der Waals surface area contributed by atoms with Crippen LogP contribution in [0.25, 0.3) is 16.7 Å². The number of hydrogen-bond acceptors (Lipinski definition) is 4. The zero-order valence-electron chi connectivity index (χ0n) is 21.6. The van der Waals surface area contributed by atoms with Gasteiger partial charge in [0, 0.05) is 34.6 Å². The number of methoxy groups -OCH3 is 1. The fourth-order valence-electron chi connectivity index (χ4n) is 5.60. The molecule has 184 valence electrons. The second kappa shape index (κ2) is 8.90. The van der Waals surface area contributed by atoms with Crippen LogP contribution in [0.5, 0.6) is 11.5 Å². The highest BCUT2D eigenvalue weighted by Gasteiger charge is 2.36. The Balaban J connectivity index is 1.69. The summed E-state index contributed by atoms with van der Waals surface area (Å²) in [7, 11) is 1.69. The van der Waals surface area contributed by atoms with Crippen LogP contribution >= 0.6 is 0 Å². The van der Waals surface area contributed by atoms with E-state index in [-0.39, 0.29) is 11.4 Å². The van der Waals surface area contributed by atoms with E-state index in [1.54, 1.807) is 13.2 Å². The molecule has 36 heavy (non-hydrogen) atoms. The summed E-state index contributed by atoms with van der Waals surface area (Å²) in [5, 5.41) is 2.90. The smallest absolute Gasteiger partial charge is 0.251 e. The molecule has 1 amide bonds. The van der Waals surface area contributed by atoms with Crippen molar-refractivity contribution in [1.82, 2.24) is 5.32 Å². The maximum Gasteiger partial charge on any atom is 0.251 e. The minimum atomic E-state index is -0.306. The average Bonchev–Trinajstić information content (AvgIpc) is 2.85. The van der Waals surface area contributed by atoms with Gasteiger partial charge in [-0.25, -0.2) is 0 Å². The molecule has 2 aliphatic heterocycles. The highest BCUT2D eigenvalue weighted by Crippen LogP contribution is 2.51. The fraction of sp³-hybridized carbons (Fsp3) is 0.258. The van der Waals surface area contributed by atoms with E-state index in [2.05, 4.69) is 61.8 Å². The number of anilines is 2. The first-order valence-electron chi connectivity index (χ1n) is 12.2. The SMILES string of the molecule is C=CCNC(=O)c1cc(C)cc(N2c3ccc4c(c3C(C)=CC2(C)C)COc2cccc(OC)c2-4)c1. The maximum absolute atomic E-state index is 12.8. The summed E-state index contributed by atoms with van der Waals surface area (Å²) in [6.45, 7) is 13.2. The predicted octanol–water partition coefficient (Wildman–Crippen LogP) is 6.81. The van der Waals surface area contributed by atoms with E-state index >= 15 is 0 Å². The number of fused-ring (bicyclic) bond motifs is 5. The maximum atomic E-state index is 12.8. The van der Waals surface area contributed by atoms with Crippen molar-refractivity contribution in [2.45, 2.75) is 39.8 Å². The van der Waals surface area contributed by atoms with E-state index in [4.69, 9.17) is 9.47 Å². The van der Waals surface area contributed by atoms with Crippen molar-refractivity contribution >= 4 is 22.9 Å². The van der Waals surface area contributed by atoms with Gasteiger partial charge in [-0.1, -0.05) is 24.3 Å². The molecule has 3 aromatic carbocycles. The van der Waals surface area contributed by atoms with Gasteiger partial charge in [0.1, 0.15) is 18.1 Å². The number of aryl methyl sites for hydroxylation is 1. The zero-order valence-corrected chi connectivity index (χ0v) is 21.6. The second-order valence-corrected chi connectivity index (χ2v) is 9.98. The summed E-state index contributed by atoms with van der Waals surface area (Å²) >= 11 is 0. The third-order valence-electron chi connectivity index (χ3n) is 6.91. The van der Waals surface area contributed by atoms with Gasteiger partial charge in [0.25, 0.3) is 5.91 Å². The summed E-state index contributed by atoms with van der Waals surface area (Å²) in [6.07, 6.45) is 3.98. The molecular formula is C31H32N2O3. The third kappa shape index (κ3) is 3.85. The van der Waals surface area contributed by atoms with Gasteiger partial charge in [-0.2, -0.15) is 0 Å². The number of rotatable bonds is 5. The van der Waals surface area contributed by atoms with Gasteiger partial charge in [0.15, 0.2) is 0 Å². The molecule has 2 aliphatic rings. The molecule has 0 atom stereocenters. The van der Waals surface area contributed by atoms with Crippen molar-refractivity contribution in [3.8, 4) is 22.6 Å². The first-order chi connectivity index (χ1) is 17.2. The van der Waals surface area contributed by atoms with Crippen LogP contribution in [0.1, 0.15) is 47.8 Å². The largest absolute Gasteiger partial charge is 0.496 e. The number of hydrogen-bond donors (Lipinski definition) is 1. The molecule has 0 fully saturated rings. The van der Waals surface area contributed by atoms with Crippen molar-refractivity contribution in [3.63, 3.8) is 0 Å². The van der Waals surface area contributed by atoms with Crippen molar-refractivity contribution in [1.29, 1.82) is 0 Å². The van der Waals surface area contributed by atoms with Crippen LogP contribution in [0.15, 0.2) is 67.3 Å². The summed E-state index contributed by atoms with van der Waals surface area (Å²) in [4.78, 5) is 15.1. The molecule has 5 heteroatoms. The Bertz CT molecular complexity index is 1400. The first-order valence-corrected chi connectivity index (χ1v) is 12.2. The lowest BCUT2D eigenvalue weighted by molar-refractivity contribution is 0.0958. The molecule has 0 aromatic heterocycles. The lowest BCUT2D eigenvalue weighted by Crippen LogP contribution is -2.42. The van der Waals surface area contributed by atoms with Crippen molar-refractivity contribution < 1.29 is 14.3 Å². The minimum Gasteiger partial charge on any atom is -0.496 e. The van der Waals surface area contributed by atoms with E-state index in [9.17, 15) is 4.79 Å². The second-order valence-electron chi connectivity index (χ2n) is 9.98. The van der Waals surface area contributed by atoms with Gasteiger partial charge < -0.3 is 19.7 Å². The van der Waals surface area contributed by atoms with Crippen LogP contribution in [-0.4, -0.2) is 25.1 Å². The van der Waals surface area contributed by atoms with Crippen LogP contribution < -0.4 is 19.7 Å². The molecule has 3 aromatic rings. The number of nitrogens with zero attached hydrogens (tertiary/aromatic N) is 1. The molecule has 5 rings (SSSR count). The Morgan fingerprint density at radius 1 is 1.17 bits per heavy atom. The van der Waals surface area contributed by atoms with E-state index in [0.717, 1.165) is 45.1 Å². The van der Waals surface area contributed by atoms with Crippen molar-refractivity contribution in [3.05, 3.63) is 89.5 Å². The normalized spacial score (nSPS) is 15.0. The number of ether oxygens (including phenoxy) is 2. The molecule has 5 nitrogen and oxygen atoms in total. The van der Waals surface area contributed by atoms with Gasteiger partial charge in [0.05, 0.1) is 18.2 Å². The fourth-order valence-corrected chi connectivity index (χ4v) is 5.60. The molecule has 0 saturated heterocycles. The van der Waals surface area contributed by atoms with Crippen LogP contribution in [0.2, 0.25) is 0 Å². The van der Waals surface area contributed by atoms with Crippen molar-refractivity contribution in [2.75, 3.05) is 18.6 Å². The van der Waals surface area contributed by atoms with Gasteiger partial charge in [-0.05, 0) is 80.8 Å². The topological polar surface area (TPSA) is 50.8 Å². The van der Waals surface area contributed by atoms with E-state index in [0.29, 0.717) is 18.7 Å². The van der Waals surface area contributed by atoms with Gasteiger partial charge in [-0.15, -0.1) is 6.58 Å². The minimum absolute atomic E-state index is 0.107. The van der Waals surface area contributed by atoms with Crippen LogP contribution in [0.3, 0.4) is 0 Å².